The molecule has 2 bridgehead atoms. The van der Waals surface area contributed by atoms with E-state index in [4.69, 9.17) is 11.6 Å². The van der Waals surface area contributed by atoms with Gasteiger partial charge < -0.3 is 15.2 Å². The summed E-state index contributed by atoms with van der Waals surface area (Å²) in [5.74, 6) is -3.43. The predicted molar refractivity (Wildman–Crippen MR) is 86.8 cm³/mol. The Bertz CT molecular complexity index is 744. The number of allylic oxidation sites excluding steroid dienone is 2. The molecule has 1 aromatic carbocycles. The van der Waals surface area contributed by atoms with E-state index in [0.717, 1.165) is 0 Å². The van der Waals surface area contributed by atoms with Gasteiger partial charge in [0.1, 0.15) is 0 Å². The maximum atomic E-state index is 12.6. The molecule has 2 aliphatic carbocycles. The molecular weight excluding hydrogens is 334 g/mol. The molecule has 1 fully saturated rings. The van der Waals surface area contributed by atoms with Gasteiger partial charge in [0.15, 0.2) is 0 Å². The van der Waals surface area contributed by atoms with Gasteiger partial charge in [-0.2, -0.15) is 0 Å². The molecule has 24 heavy (non-hydrogen) atoms. The van der Waals surface area contributed by atoms with Crippen LogP contribution in [0.15, 0.2) is 30.4 Å². The van der Waals surface area contributed by atoms with Crippen molar-refractivity contribution in [3.05, 3.63) is 40.9 Å². The zero-order chi connectivity index (χ0) is 17.4. The van der Waals surface area contributed by atoms with Crippen LogP contribution in [0.1, 0.15) is 16.8 Å². The van der Waals surface area contributed by atoms with E-state index in [1.807, 2.05) is 12.2 Å². The minimum absolute atomic E-state index is 0.0662. The summed E-state index contributed by atoms with van der Waals surface area (Å²) in [5.41, 5.74) is 0.514. The zero-order valence-corrected chi connectivity index (χ0v) is 13.6. The zero-order valence-electron chi connectivity index (χ0n) is 12.9. The number of carbonyl (C=O) groups excluding carboxylic acids is 2. The lowest BCUT2D eigenvalue weighted by molar-refractivity contribution is -0.146. The molecule has 7 heteroatoms. The summed E-state index contributed by atoms with van der Waals surface area (Å²) >= 11 is 5.95. The molecule has 3 rings (SSSR count). The van der Waals surface area contributed by atoms with E-state index in [-0.39, 0.29) is 28.3 Å². The molecule has 0 spiro atoms. The van der Waals surface area contributed by atoms with Gasteiger partial charge in [0, 0.05) is 5.69 Å². The minimum Gasteiger partial charge on any atom is -0.481 e. The topological polar surface area (TPSA) is 92.7 Å². The smallest absolute Gasteiger partial charge is 0.339 e. The standard InChI is InChI=1S/C17H16ClNO5/c1-24-17(23)11-7-10(4-5-12(11)18)19-15(20)13-8-2-3-9(6-8)14(13)16(21)22/h2-5,7-9,13-14H,6H2,1H3,(H,19,20)(H,21,22)/t8-,9-,13-,14-/m0/s1. The monoisotopic (exact) mass is 349 g/mol. The normalized spacial score (nSPS) is 27.1. The SMILES string of the molecule is COC(=O)c1cc(NC(=O)[C@@H]2[C@@H](C(=O)O)[C@H]3C=C[C@H]2C3)ccc1Cl. The highest BCUT2D eigenvalue weighted by molar-refractivity contribution is 6.33. The second-order valence-corrected chi connectivity index (χ2v) is 6.42. The summed E-state index contributed by atoms with van der Waals surface area (Å²) in [6, 6.07) is 4.47. The van der Waals surface area contributed by atoms with Crippen LogP contribution in [0.3, 0.4) is 0 Å². The fourth-order valence-electron chi connectivity index (χ4n) is 3.61. The fourth-order valence-corrected chi connectivity index (χ4v) is 3.81. The number of methoxy groups -OCH3 is 1. The first-order valence-corrected chi connectivity index (χ1v) is 7.90. The van der Waals surface area contributed by atoms with Crippen LogP contribution in [0.25, 0.3) is 0 Å². The Balaban J connectivity index is 1.81. The minimum atomic E-state index is -0.960. The number of hydrogen-bond donors (Lipinski definition) is 2. The van der Waals surface area contributed by atoms with Crippen molar-refractivity contribution < 1.29 is 24.2 Å². The largest absolute Gasteiger partial charge is 0.481 e. The Labute approximate surface area is 143 Å². The number of nitrogens with one attached hydrogen (secondary N) is 1. The number of anilines is 1. The lowest BCUT2D eigenvalue weighted by Gasteiger charge is -2.24. The second-order valence-electron chi connectivity index (χ2n) is 6.01. The van der Waals surface area contributed by atoms with Crippen LogP contribution in [0.2, 0.25) is 5.02 Å². The molecule has 2 N–H and O–H groups in total. The summed E-state index contributed by atoms with van der Waals surface area (Å²) in [5, 5.41) is 12.3. The molecule has 0 heterocycles. The summed E-state index contributed by atoms with van der Waals surface area (Å²) in [6.45, 7) is 0. The Kier molecular flexibility index (Phi) is 4.32. The van der Waals surface area contributed by atoms with Crippen LogP contribution < -0.4 is 5.32 Å². The van der Waals surface area contributed by atoms with Crippen LogP contribution >= 0.6 is 11.6 Å². The molecule has 2 aliphatic rings. The van der Waals surface area contributed by atoms with E-state index in [9.17, 15) is 19.5 Å². The van der Waals surface area contributed by atoms with Gasteiger partial charge in [0.05, 0.1) is 29.5 Å². The van der Waals surface area contributed by atoms with E-state index >= 15 is 0 Å². The molecule has 6 nitrogen and oxygen atoms in total. The third-order valence-corrected chi connectivity index (χ3v) is 5.02. The molecule has 0 aromatic heterocycles. The Morgan fingerprint density at radius 2 is 1.88 bits per heavy atom. The number of carboxylic acids is 1. The molecule has 1 saturated carbocycles. The Morgan fingerprint density at radius 3 is 2.50 bits per heavy atom. The average molecular weight is 350 g/mol. The Morgan fingerprint density at radius 1 is 1.21 bits per heavy atom. The van der Waals surface area contributed by atoms with Gasteiger partial charge in [0.25, 0.3) is 0 Å². The van der Waals surface area contributed by atoms with Gasteiger partial charge >= 0.3 is 11.9 Å². The van der Waals surface area contributed by atoms with Gasteiger partial charge in [0.2, 0.25) is 5.91 Å². The van der Waals surface area contributed by atoms with Crippen molar-refractivity contribution in [1.29, 1.82) is 0 Å². The highest BCUT2D eigenvalue weighted by atomic mass is 35.5. The fraction of sp³-hybridized carbons (Fsp3) is 0.353. The molecule has 0 aliphatic heterocycles. The van der Waals surface area contributed by atoms with Gasteiger partial charge in [-0.3, -0.25) is 9.59 Å². The van der Waals surface area contributed by atoms with Crippen molar-refractivity contribution in [2.24, 2.45) is 23.7 Å². The van der Waals surface area contributed by atoms with Gasteiger partial charge in [-0.05, 0) is 36.5 Å². The predicted octanol–water partition coefficient (Wildman–Crippen LogP) is 2.59. The third-order valence-electron chi connectivity index (χ3n) is 4.69. The number of benzene rings is 1. The summed E-state index contributed by atoms with van der Waals surface area (Å²) in [4.78, 5) is 35.8. The summed E-state index contributed by atoms with van der Waals surface area (Å²) < 4.78 is 4.64. The number of carbonyl (C=O) groups is 3. The highest BCUT2D eigenvalue weighted by Crippen LogP contribution is 2.48. The van der Waals surface area contributed by atoms with Gasteiger partial charge in [-0.1, -0.05) is 23.8 Å². The first-order valence-electron chi connectivity index (χ1n) is 7.52. The number of hydrogen-bond acceptors (Lipinski definition) is 4. The maximum absolute atomic E-state index is 12.6. The third kappa shape index (κ3) is 2.78. The molecule has 4 atom stereocenters. The number of aliphatic carboxylic acids is 1. The molecule has 0 unspecified atom stereocenters. The highest BCUT2D eigenvalue weighted by Gasteiger charge is 2.51. The van der Waals surface area contributed by atoms with E-state index in [0.29, 0.717) is 12.1 Å². The van der Waals surface area contributed by atoms with Crippen molar-refractivity contribution in [1.82, 2.24) is 0 Å². The first-order chi connectivity index (χ1) is 11.4. The molecule has 0 saturated heterocycles. The van der Waals surface area contributed by atoms with Crippen LogP contribution in [-0.4, -0.2) is 30.1 Å². The number of ether oxygens (including phenoxy) is 1. The summed E-state index contributed by atoms with van der Waals surface area (Å²) in [6.07, 6.45) is 4.48. The molecular formula is C17H16ClNO5. The van der Waals surface area contributed by atoms with Crippen molar-refractivity contribution >= 4 is 35.1 Å². The van der Waals surface area contributed by atoms with Crippen molar-refractivity contribution in [3.63, 3.8) is 0 Å². The van der Waals surface area contributed by atoms with Gasteiger partial charge in [-0.15, -0.1) is 0 Å². The molecule has 0 radical (unpaired) electrons. The van der Waals surface area contributed by atoms with Gasteiger partial charge in [-0.25, -0.2) is 4.79 Å². The van der Waals surface area contributed by atoms with E-state index < -0.39 is 23.8 Å². The van der Waals surface area contributed by atoms with E-state index in [1.54, 1.807) is 6.07 Å². The van der Waals surface area contributed by atoms with Crippen molar-refractivity contribution in [2.45, 2.75) is 6.42 Å². The number of esters is 1. The lowest BCUT2D eigenvalue weighted by Crippen LogP contribution is -2.36. The number of fused-ring (bicyclic) bond motifs is 2. The van der Waals surface area contributed by atoms with Crippen LogP contribution in [0.4, 0.5) is 5.69 Å². The number of amides is 1. The maximum Gasteiger partial charge on any atom is 0.339 e. The quantitative estimate of drug-likeness (QED) is 0.643. The van der Waals surface area contributed by atoms with E-state index in [2.05, 4.69) is 10.1 Å². The number of rotatable bonds is 4. The molecule has 1 amide bonds. The number of carboxylic acid groups (broad SMARTS) is 1. The van der Waals surface area contributed by atoms with Crippen molar-refractivity contribution in [3.8, 4) is 0 Å². The van der Waals surface area contributed by atoms with E-state index in [1.165, 1.54) is 19.2 Å². The number of halogens is 1. The Hall–Kier alpha value is -2.34. The second kappa shape index (κ2) is 6.28. The molecule has 126 valence electrons. The molecule has 1 aromatic rings. The lowest BCUT2D eigenvalue weighted by atomic mass is 9.82. The first kappa shape index (κ1) is 16.5. The van der Waals surface area contributed by atoms with Crippen LogP contribution in [0.5, 0.6) is 0 Å². The average Bonchev–Trinajstić information content (AvgIpc) is 3.16. The van der Waals surface area contributed by atoms with Crippen LogP contribution in [0, 0.1) is 23.7 Å². The van der Waals surface area contributed by atoms with Crippen molar-refractivity contribution in [2.75, 3.05) is 12.4 Å². The summed E-state index contributed by atoms with van der Waals surface area (Å²) in [7, 11) is 1.24. The van der Waals surface area contributed by atoms with Crippen LogP contribution in [-0.2, 0) is 14.3 Å².